The molecule has 0 fully saturated rings. The van der Waals surface area contributed by atoms with Gasteiger partial charge in [-0.2, -0.15) is 0 Å². The van der Waals surface area contributed by atoms with Gasteiger partial charge < -0.3 is 15.0 Å². The molecule has 1 amide bonds. The van der Waals surface area contributed by atoms with Crippen LogP contribution in [0, 0.1) is 0 Å². The van der Waals surface area contributed by atoms with E-state index < -0.39 is 0 Å². The molecule has 0 aromatic heterocycles. The number of carbonyl (C=O) groups is 1. The minimum absolute atomic E-state index is 0.179. The topological polar surface area (TPSA) is 41.6 Å². The van der Waals surface area contributed by atoms with E-state index in [1.165, 1.54) is 11.1 Å². The Bertz CT molecular complexity index is 318. The molecule has 0 aromatic rings. The quantitative estimate of drug-likeness (QED) is 0.723. The lowest BCUT2D eigenvalue weighted by Crippen LogP contribution is -2.38. The lowest BCUT2D eigenvalue weighted by Gasteiger charge is -2.27. The van der Waals surface area contributed by atoms with Crippen molar-refractivity contribution in [3.8, 4) is 0 Å². The molecule has 1 N–H and O–H groups in total. The van der Waals surface area contributed by atoms with Crippen molar-refractivity contribution in [1.29, 1.82) is 0 Å². The zero-order valence-corrected chi connectivity index (χ0v) is 10.3. The molecule has 2 aliphatic heterocycles. The average Bonchev–Trinajstić information content (AvgIpc) is 2.75. The highest BCUT2D eigenvalue weighted by molar-refractivity contribution is 5.70. The van der Waals surface area contributed by atoms with Crippen molar-refractivity contribution >= 4 is 6.09 Å². The maximum absolute atomic E-state index is 11.9. The van der Waals surface area contributed by atoms with Crippen molar-refractivity contribution in [2.45, 2.75) is 32.8 Å². The summed E-state index contributed by atoms with van der Waals surface area (Å²) >= 11 is 0. The molecule has 0 spiro atoms. The minimum Gasteiger partial charge on any atom is -0.443 e. The third-order valence-corrected chi connectivity index (χ3v) is 3.41. The molecule has 0 radical (unpaired) electrons. The Morgan fingerprint density at radius 2 is 1.94 bits per heavy atom. The monoisotopic (exact) mass is 224 g/mol. The van der Waals surface area contributed by atoms with E-state index in [2.05, 4.69) is 5.32 Å². The van der Waals surface area contributed by atoms with Gasteiger partial charge in [-0.3, -0.25) is 0 Å². The number of hydrogen-bond acceptors (Lipinski definition) is 3. The summed E-state index contributed by atoms with van der Waals surface area (Å²) in [5.41, 5.74) is 2.38. The third kappa shape index (κ3) is 2.21. The van der Waals surface area contributed by atoms with Crippen LogP contribution in [0.25, 0.3) is 0 Å². The molecule has 2 aliphatic rings. The number of ether oxygens (including phenoxy) is 1. The van der Waals surface area contributed by atoms with E-state index in [4.69, 9.17) is 4.74 Å². The van der Waals surface area contributed by atoms with Crippen LogP contribution in [0.2, 0.25) is 0 Å². The van der Waals surface area contributed by atoms with Crippen molar-refractivity contribution in [3.63, 3.8) is 0 Å². The zero-order valence-electron chi connectivity index (χ0n) is 10.3. The third-order valence-electron chi connectivity index (χ3n) is 3.41. The van der Waals surface area contributed by atoms with Gasteiger partial charge in [0.1, 0.15) is 5.60 Å². The largest absolute Gasteiger partial charge is 0.443 e. The van der Waals surface area contributed by atoms with Gasteiger partial charge in [-0.15, -0.1) is 0 Å². The van der Waals surface area contributed by atoms with Gasteiger partial charge >= 0.3 is 6.09 Å². The molecule has 0 saturated carbocycles. The summed E-state index contributed by atoms with van der Waals surface area (Å²) < 4.78 is 5.48. The molecular weight excluding hydrogens is 204 g/mol. The maximum atomic E-state index is 11.9. The molecule has 90 valence electrons. The fraction of sp³-hybridized carbons (Fsp3) is 0.750. The second-order valence-corrected chi connectivity index (χ2v) is 5.15. The molecule has 0 bridgehead atoms. The number of hydrogen-bond donors (Lipinski definition) is 1. The SMILES string of the molecule is CCC(C)(C)OC(=O)N1CC2=C(CNC2)C1. The van der Waals surface area contributed by atoms with E-state index in [1.807, 2.05) is 20.8 Å². The Balaban J connectivity index is 1.89. The van der Waals surface area contributed by atoms with E-state index in [9.17, 15) is 4.79 Å². The lowest BCUT2D eigenvalue weighted by atomic mass is 10.1. The second-order valence-electron chi connectivity index (χ2n) is 5.15. The average molecular weight is 224 g/mol. The van der Waals surface area contributed by atoms with E-state index in [0.29, 0.717) is 0 Å². The van der Waals surface area contributed by atoms with Crippen molar-refractivity contribution in [2.75, 3.05) is 26.2 Å². The molecule has 0 aliphatic carbocycles. The summed E-state index contributed by atoms with van der Waals surface area (Å²) in [4.78, 5) is 13.7. The Morgan fingerprint density at radius 1 is 1.38 bits per heavy atom. The standard InChI is InChI=1S/C12H20N2O2/c1-4-12(2,3)16-11(15)14-7-9-5-13-6-10(9)8-14/h13H,4-8H2,1-3H3. The van der Waals surface area contributed by atoms with Gasteiger partial charge in [0.05, 0.1) is 0 Å². The predicted molar refractivity (Wildman–Crippen MR) is 62.3 cm³/mol. The smallest absolute Gasteiger partial charge is 0.410 e. The van der Waals surface area contributed by atoms with Gasteiger partial charge in [0, 0.05) is 26.2 Å². The normalized spacial score (nSPS) is 20.3. The minimum atomic E-state index is -0.359. The zero-order chi connectivity index (χ0) is 11.8. The highest BCUT2D eigenvalue weighted by Gasteiger charge is 2.31. The van der Waals surface area contributed by atoms with Crippen LogP contribution in [-0.4, -0.2) is 42.8 Å². The Labute approximate surface area is 96.6 Å². The molecule has 16 heavy (non-hydrogen) atoms. The molecular formula is C12H20N2O2. The first-order valence-electron chi connectivity index (χ1n) is 5.90. The summed E-state index contributed by atoms with van der Waals surface area (Å²) in [6.45, 7) is 9.25. The summed E-state index contributed by atoms with van der Waals surface area (Å²) in [6.07, 6.45) is 0.655. The van der Waals surface area contributed by atoms with E-state index in [0.717, 1.165) is 32.6 Å². The summed E-state index contributed by atoms with van der Waals surface area (Å²) in [5.74, 6) is 0. The molecule has 0 atom stereocenters. The van der Waals surface area contributed by atoms with Crippen molar-refractivity contribution in [3.05, 3.63) is 11.1 Å². The fourth-order valence-electron chi connectivity index (χ4n) is 1.97. The van der Waals surface area contributed by atoms with Gasteiger partial charge in [-0.1, -0.05) is 6.92 Å². The Hall–Kier alpha value is -1.03. The van der Waals surface area contributed by atoms with Gasteiger partial charge in [0.25, 0.3) is 0 Å². The molecule has 4 heteroatoms. The van der Waals surface area contributed by atoms with Crippen LogP contribution in [0.15, 0.2) is 11.1 Å². The highest BCUT2D eigenvalue weighted by Crippen LogP contribution is 2.23. The van der Waals surface area contributed by atoms with Crippen LogP contribution in [0.4, 0.5) is 4.79 Å². The van der Waals surface area contributed by atoms with Crippen LogP contribution in [0.1, 0.15) is 27.2 Å². The van der Waals surface area contributed by atoms with E-state index in [-0.39, 0.29) is 11.7 Å². The molecule has 2 rings (SSSR count). The van der Waals surface area contributed by atoms with Crippen LogP contribution in [-0.2, 0) is 4.74 Å². The number of carbonyl (C=O) groups excluding carboxylic acids is 1. The molecule has 2 heterocycles. The predicted octanol–water partition coefficient (Wildman–Crippen LogP) is 1.53. The molecule has 0 unspecified atom stereocenters. The van der Waals surface area contributed by atoms with Crippen molar-refractivity contribution < 1.29 is 9.53 Å². The first kappa shape index (κ1) is 11.5. The summed E-state index contributed by atoms with van der Waals surface area (Å²) in [7, 11) is 0. The number of rotatable bonds is 2. The number of nitrogens with one attached hydrogen (secondary N) is 1. The molecule has 4 nitrogen and oxygen atoms in total. The Kier molecular flexibility index (Phi) is 2.93. The van der Waals surface area contributed by atoms with Gasteiger partial charge in [-0.05, 0) is 31.4 Å². The summed E-state index contributed by atoms with van der Waals surface area (Å²) in [5, 5.41) is 3.29. The first-order valence-corrected chi connectivity index (χ1v) is 5.90. The maximum Gasteiger partial charge on any atom is 0.410 e. The van der Waals surface area contributed by atoms with Gasteiger partial charge in [-0.25, -0.2) is 4.79 Å². The van der Waals surface area contributed by atoms with Crippen LogP contribution in [0.3, 0.4) is 0 Å². The Morgan fingerprint density at radius 3 is 2.44 bits per heavy atom. The highest BCUT2D eigenvalue weighted by atomic mass is 16.6. The number of amides is 1. The van der Waals surface area contributed by atoms with E-state index in [1.54, 1.807) is 4.90 Å². The van der Waals surface area contributed by atoms with E-state index >= 15 is 0 Å². The van der Waals surface area contributed by atoms with Crippen LogP contribution in [0.5, 0.6) is 0 Å². The molecule has 0 saturated heterocycles. The number of nitrogens with zero attached hydrogens (tertiary/aromatic N) is 1. The van der Waals surface area contributed by atoms with Crippen LogP contribution < -0.4 is 5.32 Å². The molecule has 0 aromatic carbocycles. The second kappa shape index (κ2) is 4.09. The first-order chi connectivity index (χ1) is 7.52. The fourth-order valence-corrected chi connectivity index (χ4v) is 1.97. The van der Waals surface area contributed by atoms with Crippen molar-refractivity contribution in [1.82, 2.24) is 10.2 Å². The van der Waals surface area contributed by atoms with Crippen LogP contribution >= 0.6 is 0 Å². The van der Waals surface area contributed by atoms with Gasteiger partial charge in [0.2, 0.25) is 0 Å². The van der Waals surface area contributed by atoms with Crippen molar-refractivity contribution in [2.24, 2.45) is 0 Å². The lowest BCUT2D eigenvalue weighted by molar-refractivity contribution is 0.0155. The summed E-state index contributed by atoms with van der Waals surface area (Å²) in [6, 6.07) is 0. The van der Waals surface area contributed by atoms with Gasteiger partial charge in [0.15, 0.2) is 0 Å².